The molecule has 0 aromatic heterocycles. The van der Waals surface area contributed by atoms with Crippen LogP contribution in [0, 0.1) is 5.92 Å². The highest BCUT2D eigenvalue weighted by Crippen LogP contribution is 2.42. The number of nitrogens with one attached hydrogen (secondary N) is 2. The third-order valence-electron chi connectivity index (χ3n) is 7.52. The van der Waals surface area contributed by atoms with Crippen LogP contribution in [0.4, 0.5) is 10.5 Å². The first-order valence-corrected chi connectivity index (χ1v) is 13.6. The third-order valence-corrected chi connectivity index (χ3v) is 7.52. The molecule has 2 aliphatic heterocycles. The second kappa shape index (κ2) is 12.7. The van der Waals surface area contributed by atoms with Gasteiger partial charge in [0, 0.05) is 43.3 Å². The summed E-state index contributed by atoms with van der Waals surface area (Å²) in [5, 5.41) is 25.3. The molecule has 2 saturated heterocycles. The molecule has 2 aliphatic rings. The van der Waals surface area contributed by atoms with E-state index in [4.69, 9.17) is 9.47 Å². The van der Waals surface area contributed by atoms with E-state index < -0.39 is 6.29 Å². The van der Waals surface area contributed by atoms with Crippen molar-refractivity contribution in [3.63, 3.8) is 0 Å². The van der Waals surface area contributed by atoms with Gasteiger partial charge in [-0.1, -0.05) is 73.7 Å². The van der Waals surface area contributed by atoms with E-state index in [0.717, 1.165) is 35.2 Å². The van der Waals surface area contributed by atoms with Gasteiger partial charge in [0.25, 0.3) is 0 Å². The van der Waals surface area contributed by atoms with Gasteiger partial charge >= 0.3 is 6.03 Å². The molecule has 0 bridgehead atoms. The normalized spacial score (nSPS) is 25.4. The molecule has 4 N–H and O–H groups in total. The third kappa shape index (κ3) is 7.03. The van der Waals surface area contributed by atoms with Crippen molar-refractivity contribution in [3.8, 4) is 0 Å². The van der Waals surface area contributed by atoms with Crippen molar-refractivity contribution >= 4 is 11.7 Å². The zero-order chi connectivity index (χ0) is 27.2. The van der Waals surface area contributed by atoms with E-state index in [1.165, 1.54) is 0 Å². The number of ether oxygens (including phenoxy) is 2. The lowest BCUT2D eigenvalue weighted by atomic mass is 9.90. The molecule has 3 aromatic rings. The summed E-state index contributed by atoms with van der Waals surface area (Å²) in [7, 11) is 0. The predicted molar refractivity (Wildman–Crippen MR) is 149 cm³/mol. The molecule has 0 radical (unpaired) electrons. The van der Waals surface area contributed by atoms with Crippen molar-refractivity contribution in [1.29, 1.82) is 0 Å². The molecule has 0 saturated carbocycles. The van der Waals surface area contributed by atoms with E-state index in [9.17, 15) is 15.0 Å². The number of carbonyl (C=O) groups is 1. The van der Waals surface area contributed by atoms with Crippen LogP contribution >= 0.6 is 0 Å². The highest BCUT2D eigenvalue weighted by molar-refractivity contribution is 5.89. The highest BCUT2D eigenvalue weighted by Gasteiger charge is 2.40. The van der Waals surface area contributed by atoms with Crippen LogP contribution in [0.15, 0.2) is 78.9 Å². The molecule has 2 fully saturated rings. The number of likely N-dealkylation sites (tertiary alicyclic amines) is 1. The van der Waals surface area contributed by atoms with Gasteiger partial charge in [-0.3, -0.25) is 4.90 Å². The second-order valence-electron chi connectivity index (χ2n) is 10.4. The zero-order valence-corrected chi connectivity index (χ0v) is 22.2. The van der Waals surface area contributed by atoms with E-state index in [0.29, 0.717) is 25.3 Å². The van der Waals surface area contributed by atoms with Gasteiger partial charge in [-0.25, -0.2) is 4.79 Å². The van der Waals surface area contributed by atoms with Crippen LogP contribution in [-0.4, -0.2) is 53.0 Å². The monoisotopic (exact) mass is 531 g/mol. The zero-order valence-electron chi connectivity index (χ0n) is 22.2. The lowest BCUT2D eigenvalue weighted by Crippen LogP contribution is -2.44. The summed E-state index contributed by atoms with van der Waals surface area (Å²) >= 11 is 0. The van der Waals surface area contributed by atoms with E-state index in [1.807, 2.05) is 78.9 Å². The number of hydrogen-bond donors (Lipinski definition) is 4. The molecule has 5 atom stereocenters. The summed E-state index contributed by atoms with van der Waals surface area (Å²) in [6, 6.07) is 24.8. The fraction of sp³-hybridized carbons (Fsp3) is 0.387. The van der Waals surface area contributed by atoms with Gasteiger partial charge in [0.2, 0.25) is 0 Å². The largest absolute Gasteiger partial charge is 0.392 e. The summed E-state index contributed by atoms with van der Waals surface area (Å²) in [5.41, 5.74) is 4.35. The molecule has 206 valence electrons. The number of β-amino-alcohol motifs (C(OH)–C–C–N with tert-alkyl or cyclic N) is 1. The number of benzene rings is 3. The molecule has 2 heterocycles. The van der Waals surface area contributed by atoms with Crippen LogP contribution in [0.5, 0.6) is 0 Å². The minimum atomic E-state index is -0.629. The topological polar surface area (TPSA) is 103 Å². The summed E-state index contributed by atoms with van der Waals surface area (Å²) in [5.74, 6) is 0.0593. The van der Waals surface area contributed by atoms with Crippen molar-refractivity contribution in [2.45, 2.75) is 51.1 Å². The molecule has 5 unspecified atom stereocenters. The second-order valence-corrected chi connectivity index (χ2v) is 10.4. The van der Waals surface area contributed by atoms with E-state index >= 15 is 0 Å². The van der Waals surface area contributed by atoms with Crippen molar-refractivity contribution in [2.75, 3.05) is 25.0 Å². The van der Waals surface area contributed by atoms with Gasteiger partial charge in [0.05, 0.1) is 24.9 Å². The minimum Gasteiger partial charge on any atom is -0.392 e. The molecule has 0 spiro atoms. The minimum absolute atomic E-state index is 0.00821. The lowest BCUT2D eigenvalue weighted by molar-refractivity contribution is -0.276. The van der Waals surface area contributed by atoms with E-state index in [2.05, 4.69) is 22.5 Å². The summed E-state index contributed by atoms with van der Waals surface area (Å²) in [4.78, 5) is 14.8. The maximum Gasteiger partial charge on any atom is 0.319 e. The van der Waals surface area contributed by atoms with Crippen molar-refractivity contribution in [1.82, 2.24) is 10.2 Å². The summed E-state index contributed by atoms with van der Waals surface area (Å²) in [6.07, 6.45) is -0.501. The first kappa shape index (κ1) is 27.3. The Morgan fingerprint density at radius 3 is 2.49 bits per heavy atom. The Balaban J connectivity index is 1.31. The molecule has 0 aliphatic carbocycles. The number of aliphatic hydroxyl groups is 2. The van der Waals surface area contributed by atoms with Crippen LogP contribution in [0.1, 0.15) is 48.0 Å². The Kier molecular flexibility index (Phi) is 8.91. The van der Waals surface area contributed by atoms with Crippen molar-refractivity contribution in [2.24, 2.45) is 5.92 Å². The van der Waals surface area contributed by atoms with E-state index in [-0.39, 0.29) is 36.9 Å². The van der Waals surface area contributed by atoms with Crippen molar-refractivity contribution < 1.29 is 24.5 Å². The van der Waals surface area contributed by atoms with Gasteiger partial charge in [-0.15, -0.1) is 0 Å². The number of nitrogens with zero attached hydrogens (tertiary/aromatic N) is 1. The predicted octanol–water partition coefficient (Wildman–Crippen LogP) is 4.36. The SMILES string of the molecule is CC1C(CN2CCC(O)C2)OC(c2cccc(NC(=O)NCc3ccccc3)c2)OC1c1ccc(CO)cc1. The molecule has 8 heteroatoms. The molecule has 2 amide bonds. The van der Waals surface area contributed by atoms with Gasteiger partial charge in [-0.05, 0) is 35.2 Å². The van der Waals surface area contributed by atoms with Crippen LogP contribution in [0.2, 0.25) is 0 Å². The molecule has 39 heavy (non-hydrogen) atoms. The Morgan fingerprint density at radius 1 is 0.974 bits per heavy atom. The Bertz CT molecular complexity index is 1220. The average molecular weight is 532 g/mol. The first-order chi connectivity index (χ1) is 19.0. The van der Waals surface area contributed by atoms with Crippen LogP contribution in [0.3, 0.4) is 0 Å². The number of carbonyl (C=O) groups excluding carboxylic acids is 1. The lowest BCUT2D eigenvalue weighted by Gasteiger charge is -2.42. The standard InChI is InChI=1S/C31H37N3O5/c1-21-28(19-34-15-14-27(36)18-34)38-30(39-29(21)24-12-10-23(20-35)11-13-24)25-8-5-9-26(16-25)33-31(37)32-17-22-6-3-2-4-7-22/h2-13,16,21,27-30,35-36H,14-15,17-20H2,1H3,(H2,32,33,37). The number of hydrogen-bond acceptors (Lipinski definition) is 6. The maximum atomic E-state index is 12.5. The number of aliphatic hydroxyl groups excluding tert-OH is 2. The van der Waals surface area contributed by atoms with Gasteiger partial charge in [0.1, 0.15) is 0 Å². The van der Waals surface area contributed by atoms with Gasteiger partial charge < -0.3 is 30.3 Å². The van der Waals surface area contributed by atoms with Crippen LogP contribution in [0.25, 0.3) is 0 Å². The Labute approximate surface area is 229 Å². The van der Waals surface area contributed by atoms with Crippen LogP contribution in [-0.2, 0) is 22.6 Å². The van der Waals surface area contributed by atoms with Crippen LogP contribution < -0.4 is 10.6 Å². The fourth-order valence-corrected chi connectivity index (χ4v) is 5.28. The smallest absolute Gasteiger partial charge is 0.319 e. The summed E-state index contributed by atoms with van der Waals surface area (Å²) < 4.78 is 13.1. The Hall–Kier alpha value is -3.27. The number of urea groups is 1. The molecular formula is C31H37N3O5. The van der Waals surface area contributed by atoms with Gasteiger partial charge in [0.15, 0.2) is 6.29 Å². The van der Waals surface area contributed by atoms with Gasteiger partial charge in [-0.2, -0.15) is 0 Å². The Morgan fingerprint density at radius 2 is 1.77 bits per heavy atom. The number of rotatable bonds is 8. The highest BCUT2D eigenvalue weighted by atomic mass is 16.7. The van der Waals surface area contributed by atoms with E-state index in [1.54, 1.807) is 0 Å². The quantitative estimate of drug-likeness (QED) is 0.345. The molecule has 3 aromatic carbocycles. The molecule has 5 rings (SSSR count). The average Bonchev–Trinajstić information content (AvgIpc) is 3.38. The molecule has 8 nitrogen and oxygen atoms in total. The fourth-order valence-electron chi connectivity index (χ4n) is 5.28. The van der Waals surface area contributed by atoms with Crippen molar-refractivity contribution in [3.05, 3.63) is 101 Å². The first-order valence-electron chi connectivity index (χ1n) is 13.6. The number of amides is 2. The molecular weight excluding hydrogens is 494 g/mol. The maximum absolute atomic E-state index is 12.5. The number of anilines is 1. The summed E-state index contributed by atoms with van der Waals surface area (Å²) in [6.45, 7) is 4.74.